The lowest BCUT2D eigenvalue weighted by Crippen LogP contribution is -2.43. The summed E-state index contributed by atoms with van der Waals surface area (Å²) in [5.74, 6) is -0.699. The van der Waals surface area contributed by atoms with Crippen LogP contribution < -0.4 is 0 Å². The lowest BCUT2D eigenvalue weighted by atomic mass is 10.0. The zero-order valence-electron chi connectivity index (χ0n) is 10.9. The fourth-order valence-corrected chi connectivity index (χ4v) is 1.98. The molecule has 2 atom stereocenters. The first-order valence-corrected chi connectivity index (χ1v) is 5.97. The number of carbonyl (C=O) groups is 2. The average Bonchev–Trinajstić information content (AvgIpc) is 2.58. The van der Waals surface area contributed by atoms with E-state index in [0.29, 0.717) is 13.0 Å². The monoisotopic (exact) mass is 243 g/mol. The Morgan fingerprint density at radius 2 is 2.00 bits per heavy atom. The van der Waals surface area contributed by atoms with Gasteiger partial charge >= 0.3 is 12.1 Å². The minimum Gasteiger partial charge on any atom is -0.480 e. The van der Waals surface area contributed by atoms with Crippen molar-refractivity contribution in [2.75, 3.05) is 6.54 Å². The largest absolute Gasteiger partial charge is 0.480 e. The van der Waals surface area contributed by atoms with Crippen LogP contribution in [-0.4, -0.2) is 40.3 Å². The van der Waals surface area contributed by atoms with Crippen LogP contribution in [0.4, 0.5) is 4.79 Å². The lowest BCUT2D eigenvalue weighted by molar-refractivity contribution is -0.142. The van der Waals surface area contributed by atoms with Gasteiger partial charge in [0.15, 0.2) is 0 Å². The summed E-state index contributed by atoms with van der Waals surface area (Å²) in [6, 6.07) is -0.741. The Balaban J connectivity index is 2.73. The van der Waals surface area contributed by atoms with Gasteiger partial charge in [-0.2, -0.15) is 0 Å². The fourth-order valence-electron chi connectivity index (χ4n) is 1.98. The van der Waals surface area contributed by atoms with E-state index in [-0.39, 0.29) is 5.92 Å². The van der Waals surface area contributed by atoms with Crippen LogP contribution in [0.2, 0.25) is 0 Å². The van der Waals surface area contributed by atoms with Gasteiger partial charge in [-0.15, -0.1) is 0 Å². The highest BCUT2D eigenvalue weighted by atomic mass is 16.6. The van der Waals surface area contributed by atoms with Gasteiger partial charge in [-0.25, -0.2) is 9.59 Å². The molecule has 5 heteroatoms. The number of carboxylic acids is 1. The van der Waals surface area contributed by atoms with E-state index >= 15 is 0 Å². The van der Waals surface area contributed by atoms with Crippen LogP contribution in [0.5, 0.6) is 0 Å². The molecule has 1 rings (SSSR count). The summed E-state index contributed by atoms with van der Waals surface area (Å²) in [4.78, 5) is 24.3. The number of rotatable bonds is 2. The Labute approximate surface area is 102 Å². The summed E-state index contributed by atoms with van der Waals surface area (Å²) in [6.07, 6.45) is 0.870. The zero-order chi connectivity index (χ0) is 13.2. The van der Waals surface area contributed by atoms with Gasteiger partial charge in [0, 0.05) is 6.54 Å². The van der Waals surface area contributed by atoms with E-state index in [1.807, 2.05) is 6.92 Å². The minimum absolute atomic E-state index is 0.253. The molecule has 0 spiro atoms. The molecule has 1 saturated heterocycles. The third-order valence-electron chi connectivity index (χ3n) is 2.88. The van der Waals surface area contributed by atoms with Crippen molar-refractivity contribution in [1.82, 2.24) is 4.90 Å². The van der Waals surface area contributed by atoms with Gasteiger partial charge in [0.2, 0.25) is 0 Å². The number of nitrogens with zero attached hydrogens (tertiary/aromatic N) is 1. The second kappa shape index (κ2) is 4.94. The van der Waals surface area contributed by atoms with E-state index in [1.165, 1.54) is 4.90 Å². The van der Waals surface area contributed by atoms with E-state index in [4.69, 9.17) is 9.84 Å². The molecule has 1 heterocycles. The first-order chi connectivity index (χ1) is 7.74. The van der Waals surface area contributed by atoms with Crippen LogP contribution in [0.3, 0.4) is 0 Å². The fraction of sp³-hybridized carbons (Fsp3) is 0.833. The highest BCUT2D eigenvalue weighted by Gasteiger charge is 2.40. The topological polar surface area (TPSA) is 66.8 Å². The van der Waals surface area contributed by atoms with Crippen LogP contribution in [-0.2, 0) is 9.53 Å². The summed E-state index contributed by atoms with van der Waals surface area (Å²) < 4.78 is 5.22. The number of ether oxygens (including phenoxy) is 1. The summed E-state index contributed by atoms with van der Waals surface area (Å²) in [6.45, 7) is 7.79. The van der Waals surface area contributed by atoms with Crippen LogP contribution >= 0.6 is 0 Å². The maximum atomic E-state index is 11.9. The molecular formula is C12H21NO4. The van der Waals surface area contributed by atoms with Crippen molar-refractivity contribution >= 4 is 12.1 Å². The highest BCUT2D eigenvalue weighted by molar-refractivity contribution is 5.80. The molecule has 0 aromatic carbocycles. The van der Waals surface area contributed by atoms with Crippen molar-refractivity contribution in [3.05, 3.63) is 0 Å². The van der Waals surface area contributed by atoms with Crippen LogP contribution in [0.15, 0.2) is 0 Å². The first-order valence-electron chi connectivity index (χ1n) is 5.97. The molecule has 98 valence electrons. The molecule has 1 amide bonds. The van der Waals surface area contributed by atoms with Crippen LogP contribution in [0.1, 0.15) is 40.5 Å². The number of carboxylic acid groups (broad SMARTS) is 1. The van der Waals surface area contributed by atoms with Gasteiger partial charge in [0.05, 0.1) is 0 Å². The molecular weight excluding hydrogens is 222 g/mol. The molecule has 0 saturated carbocycles. The number of likely N-dealkylation sites (tertiary alicyclic amines) is 1. The van der Waals surface area contributed by atoms with Gasteiger partial charge in [0.1, 0.15) is 11.6 Å². The molecule has 5 nitrogen and oxygen atoms in total. The number of carbonyl (C=O) groups excluding carboxylic acids is 1. The van der Waals surface area contributed by atoms with Crippen LogP contribution in [0, 0.1) is 5.92 Å². The van der Waals surface area contributed by atoms with Gasteiger partial charge in [-0.05, 0) is 33.1 Å². The van der Waals surface area contributed by atoms with Crippen molar-refractivity contribution in [3.63, 3.8) is 0 Å². The molecule has 0 radical (unpaired) electrons. The van der Waals surface area contributed by atoms with Gasteiger partial charge in [-0.1, -0.05) is 13.3 Å². The Morgan fingerprint density at radius 1 is 1.41 bits per heavy atom. The third kappa shape index (κ3) is 3.61. The normalized spacial score (nSPS) is 24.8. The molecule has 0 bridgehead atoms. The summed E-state index contributed by atoms with van der Waals surface area (Å²) in [5.41, 5.74) is -0.593. The number of hydrogen-bond acceptors (Lipinski definition) is 3. The standard InChI is InChI=1S/C12H21NO4/c1-5-8-6-9(10(14)15)13(7-8)11(16)17-12(2,3)4/h8-9H,5-7H2,1-4H3,(H,14,15). The highest BCUT2D eigenvalue weighted by Crippen LogP contribution is 2.27. The summed E-state index contributed by atoms with van der Waals surface area (Å²) >= 11 is 0. The van der Waals surface area contributed by atoms with Crippen molar-refractivity contribution in [2.45, 2.75) is 52.2 Å². The lowest BCUT2D eigenvalue weighted by Gasteiger charge is -2.26. The quantitative estimate of drug-likeness (QED) is 0.806. The maximum absolute atomic E-state index is 11.9. The Hall–Kier alpha value is -1.26. The molecule has 1 fully saturated rings. The minimum atomic E-state index is -0.952. The Kier molecular flexibility index (Phi) is 4.01. The molecule has 0 aromatic heterocycles. The van der Waals surface area contributed by atoms with Gasteiger partial charge < -0.3 is 9.84 Å². The zero-order valence-corrected chi connectivity index (χ0v) is 10.9. The van der Waals surface area contributed by atoms with Gasteiger partial charge in [-0.3, -0.25) is 4.90 Å². The van der Waals surface area contributed by atoms with E-state index in [0.717, 1.165) is 6.42 Å². The van der Waals surface area contributed by atoms with E-state index in [9.17, 15) is 9.59 Å². The Morgan fingerprint density at radius 3 is 2.41 bits per heavy atom. The number of amides is 1. The molecule has 2 unspecified atom stereocenters. The van der Waals surface area contributed by atoms with Crippen molar-refractivity contribution < 1.29 is 19.4 Å². The van der Waals surface area contributed by atoms with E-state index in [1.54, 1.807) is 20.8 Å². The molecule has 1 N–H and O–H groups in total. The molecule has 17 heavy (non-hydrogen) atoms. The van der Waals surface area contributed by atoms with E-state index < -0.39 is 23.7 Å². The molecule has 1 aliphatic heterocycles. The predicted octanol–water partition coefficient (Wildman–Crippen LogP) is 2.11. The SMILES string of the molecule is CCC1CC(C(=O)O)N(C(=O)OC(C)(C)C)C1. The number of hydrogen-bond donors (Lipinski definition) is 1. The second-order valence-electron chi connectivity index (χ2n) is 5.50. The van der Waals surface area contributed by atoms with Crippen molar-refractivity contribution in [3.8, 4) is 0 Å². The number of aliphatic carboxylic acids is 1. The van der Waals surface area contributed by atoms with Gasteiger partial charge in [0.25, 0.3) is 0 Å². The Bertz CT molecular complexity index is 308. The summed E-state index contributed by atoms with van der Waals surface area (Å²) in [5, 5.41) is 9.09. The smallest absolute Gasteiger partial charge is 0.411 e. The first kappa shape index (κ1) is 13.8. The maximum Gasteiger partial charge on any atom is 0.411 e. The molecule has 1 aliphatic rings. The average molecular weight is 243 g/mol. The van der Waals surface area contributed by atoms with Crippen molar-refractivity contribution in [1.29, 1.82) is 0 Å². The predicted molar refractivity (Wildman–Crippen MR) is 62.8 cm³/mol. The molecule has 0 aromatic rings. The second-order valence-corrected chi connectivity index (χ2v) is 5.50. The van der Waals surface area contributed by atoms with Crippen molar-refractivity contribution in [2.24, 2.45) is 5.92 Å². The van der Waals surface area contributed by atoms with Crippen LogP contribution in [0.25, 0.3) is 0 Å². The third-order valence-corrected chi connectivity index (χ3v) is 2.88. The van der Waals surface area contributed by atoms with E-state index in [2.05, 4.69) is 0 Å². The summed E-state index contributed by atoms with van der Waals surface area (Å²) in [7, 11) is 0. The molecule has 0 aliphatic carbocycles.